The van der Waals surface area contributed by atoms with Crippen LogP contribution in [0.25, 0.3) is 11.0 Å². The first kappa shape index (κ1) is 11.8. The van der Waals surface area contributed by atoms with Gasteiger partial charge in [-0.2, -0.15) is 0 Å². The van der Waals surface area contributed by atoms with Gasteiger partial charge in [-0.05, 0) is 24.6 Å². The topological polar surface area (TPSA) is 70.5 Å². The maximum atomic E-state index is 11.8. The van der Waals surface area contributed by atoms with Crippen molar-refractivity contribution in [1.29, 1.82) is 0 Å². The van der Waals surface area contributed by atoms with Gasteiger partial charge in [0, 0.05) is 30.2 Å². The van der Waals surface area contributed by atoms with E-state index in [1.54, 1.807) is 6.92 Å². The van der Waals surface area contributed by atoms with E-state index in [-0.39, 0.29) is 12.0 Å². The van der Waals surface area contributed by atoms with Gasteiger partial charge >= 0.3 is 11.6 Å². The minimum atomic E-state index is -1.03. The Balaban J connectivity index is 2.19. The number of anilines is 1. The van der Waals surface area contributed by atoms with Gasteiger partial charge in [-0.25, -0.2) is 4.79 Å². The molecule has 0 atom stereocenters. The molecule has 5 nitrogen and oxygen atoms in total. The van der Waals surface area contributed by atoms with Crippen LogP contribution in [0.1, 0.15) is 11.1 Å². The summed E-state index contributed by atoms with van der Waals surface area (Å²) in [6.07, 6.45) is -0.308. The molecule has 0 amide bonds. The van der Waals surface area contributed by atoms with Crippen molar-refractivity contribution in [3.63, 3.8) is 0 Å². The number of hydrogen-bond donors (Lipinski definition) is 1. The van der Waals surface area contributed by atoms with E-state index >= 15 is 0 Å². The highest BCUT2D eigenvalue weighted by atomic mass is 16.4. The Morgan fingerprint density at radius 3 is 2.79 bits per heavy atom. The van der Waals surface area contributed by atoms with Gasteiger partial charge in [0.25, 0.3) is 0 Å². The summed E-state index contributed by atoms with van der Waals surface area (Å²) in [4.78, 5) is 24.8. The molecular formula is C14H13NO4. The van der Waals surface area contributed by atoms with Gasteiger partial charge in [-0.15, -0.1) is 0 Å². The molecule has 3 rings (SSSR count). The molecule has 1 N–H and O–H groups in total. The largest absolute Gasteiger partial charge is 0.481 e. The molecule has 2 aromatic rings. The van der Waals surface area contributed by atoms with Crippen LogP contribution in [0.4, 0.5) is 5.69 Å². The maximum absolute atomic E-state index is 11.8. The molecule has 19 heavy (non-hydrogen) atoms. The Morgan fingerprint density at radius 2 is 2.16 bits per heavy atom. The maximum Gasteiger partial charge on any atom is 0.340 e. The molecule has 1 aromatic carbocycles. The molecule has 1 aliphatic heterocycles. The summed E-state index contributed by atoms with van der Waals surface area (Å²) in [6.45, 7) is 3.80. The van der Waals surface area contributed by atoms with E-state index < -0.39 is 11.6 Å². The SMILES string of the molecule is Cc1c(CC(=O)O)c(=O)oc2cc(N3CC3)ccc12. The fourth-order valence-corrected chi connectivity index (χ4v) is 2.24. The normalized spacial score (nSPS) is 13.8. The number of nitrogens with zero attached hydrogens (tertiary/aromatic N) is 1. The van der Waals surface area contributed by atoms with Gasteiger partial charge in [0.2, 0.25) is 0 Å². The number of benzene rings is 1. The molecule has 98 valence electrons. The quantitative estimate of drug-likeness (QED) is 0.669. The first-order valence-electron chi connectivity index (χ1n) is 6.09. The van der Waals surface area contributed by atoms with Crippen molar-refractivity contribution < 1.29 is 14.3 Å². The zero-order valence-electron chi connectivity index (χ0n) is 10.5. The standard InChI is InChI=1S/C14H13NO4/c1-8-10-3-2-9(15-4-5-15)6-12(10)19-14(18)11(8)7-13(16)17/h2-3,6H,4-5,7H2,1H3,(H,16,17). The zero-order chi connectivity index (χ0) is 13.6. The summed E-state index contributed by atoms with van der Waals surface area (Å²) in [5.41, 5.74) is 1.89. The fraction of sp³-hybridized carbons (Fsp3) is 0.286. The molecule has 0 saturated carbocycles. The summed E-state index contributed by atoms with van der Waals surface area (Å²) in [5, 5.41) is 9.62. The minimum absolute atomic E-state index is 0.222. The second-order valence-electron chi connectivity index (χ2n) is 4.73. The van der Waals surface area contributed by atoms with Gasteiger partial charge < -0.3 is 14.4 Å². The number of carbonyl (C=O) groups is 1. The number of aliphatic carboxylic acids is 1. The predicted octanol–water partition coefficient (Wildman–Crippen LogP) is 1.55. The summed E-state index contributed by atoms with van der Waals surface area (Å²) in [6, 6.07) is 5.68. The highest BCUT2D eigenvalue weighted by Crippen LogP contribution is 2.27. The monoisotopic (exact) mass is 259 g/mol. The van der Waals surface area contributed by atoms with Gasteiger partial charge in [-0.3, -0.25) is 4.79 Å². The lowest BCUT2D eigenvalue weighted by Gasteiger charge is -2.08. The summed E-state index contributed by atoms with van der Waals surface area (Å²) in [5.74, 6) is -1.03. The second kappa shape index (κ2) is 4.12. The van der Waals surface area contributed by atoms with E-state index in [1.165, 1.54) is 0 Å². The van der Waals surface area contributed by atoms with Crippen LogP contribution in [0.2, 0.25) is 0 Å². The first-order chi connectivity index (χ1) is 9.06. The van der Waals surface area contributed by atoms with E-state index in [9.17, 15) is 9.59 Å². The molecule has 2 heterocycles. The molecule has 1 aromatic heterocycles. The third-order valence-electron chi connectivity index (χ3n) is 3.41. The number of aryl methyl sites for hydroxylation is 1. The number of fused-ring (bicyclic) bond motifs is 1. The molecule has 1 aliphatic rings. The molecule has 1 saturated heterocycles. The molecule has 0 radical (unpaired) electrons. The Labute approximate surface area is 109 Å². The molecular weight excluding hydrogens is 246 g/mol. The van der Waals surface area contributed by atoms with Gasteiger partial charge in [0.15, 0.2) is 0 Å². The lowest BCUT2D eigenvalue weighted by Crippen LogP contribution is -2.14. The van der Waals surface area contributed by atoms with E-state index in [2.05, 4.69) is 4.90 Å². The van der Waals surface area contributed by atoms with E-state index in [4.69, 9.17) is 9.52 Å². The lowest BCUT2D eigenvalue weighted by atomic mass is 10.0. The van der Waals surface area contributed by atoms with Crippen LogP contribution in [0.5, 0.6) is 0 Å². The smallest absolute Gasteiger partial charge is 0.340 e. The van der Waals surface area contributed by atoms with Crippen molar-refractivity contribution in [2.75, 3.05) is 18.0 Å². The van der Waals surface area contributed by atoms with Crippen LogP contribution in [0.3, 0.4) is 0 Å². The molecule has 5 heteroatoms. The van der Waals surface area contributed by atoms with Crippen LogP contribution >= 0.6 is 0 Å². The fourth-order valence-electron chi connectivity index (χ4n) is 2.24. The van der Waals surface area contributed by atoms with Crippen molar-refractivity contribution in [1.82, 2.24) is 0 Å². The number of carboxylic acids is 1. The number of rotatable bonds is 3. The Kier molecular flexibility index (Phi) is 2.55. The van der Waals surface area contributed by atoms with Gasteiger partial charge in [0.05, 0.1) is 12.0 Å². The van der Waals surface area contributed by atoms with E-state index in [0.29, 0.717) is 11.1 Å². The average Bonchev–Trinajstić information content (AvgIpc) is 3.17. The van der Waals surface area contributed by atoms with Gasteiger partial charge in [0.1, 0.15) is 5.58 Å². The summed E-state index contributed by atoms with van der Waals surface area (Å²) < 4.78 is 5.25. The van der Waals surface area contributed by atoms with Crippen LogP contribution in [0, 0.1) is 6.92 Å². The van der Waals surface area contributed by atoms with Crippen LogP contribution in [0.15, 0.2) is 27.4 Å². The van der Waals surface area contributed by atoms with Crippen LogP contribution in [-0.4, -0.2) is 24.2 Å². The van der Waals surface area contributed by atoms with Crippen molar-refractivity contribution in [2.24, 2.45) is 0 Å². The first-order valence-corrected chi connectivity index (χ1v) is 6.09. The van der Waals surface area contributed by atoms with Crippen molar-refractivity contribution in [2.45, 2.75) is 13.3 Å². The summed E-state index contributed by atoms with van der Waals surface area (Å²) in [7, 11) is 0. The second-order valence-corrected chi connectivity index (χ2v) is 4.73. The Hall–Kier alpha value is -2.30. The Bertz CT molecular complexity index is 728. The van der Waals surface area contributed by atoms with Crippen molar-refractivity contribution in [3.05, 3.63) is 39.7 Å². The van der Waals surface area contributed by atoms with Crippen LogP contribution in [-0.2, 0) is 11.2 Å². The summed E-state index contributed by atoms with van der Waals surface area (Å²) >= 11 is 0. The lowest BCUT2D eigenvalue weighted by molar-refractivity contribution is -0.136. The third-order valence-corrected chi connectivity index (χ3v) is 3.41. The average molecular weight is 259 g/mol. The number of hydrogen-bond acceptors (Lipinski definition) is 4. The molecule has 1 fully saturated rings. The molecule has 0 unspecified atom stereocenters. The van der Waals surface area contributed by atoms with E-state index in [1.807, 2.05) is 18.2 Å². The minimum Gasteiger partial charge on any atom is -0.481 e. The number of carboxylic acid groups (broad SMARTS) is 1. The van der Waals surface area contributed by atoms with Crippen molar-refractivity contribution in [3.8, 4) is 0 Å². The van der Waals surface area contributed by atoms with Crippen LogP contribution < -0.4 is 10.5 Å². The highest BCUT2D eigenvalue weighted by Gasteiger charge is 2.20. The zero-order valence-corrected chi connectivity index (χ0v) is 10.5. The van der Waals surface area contributed by atoms with E-state index in [0.717, 1.165) is 24.2 Å². The van der Waals surface area contributed by atoms with Crippen molar-refractivity contribution >= 4 is 22.6 Å². The van der Waals surface area contributed by atoms with Gasteiger partial charge in [-0.1, -0.05) is 0 Å². The third kappa shape index (κ3) is 2.07. The molecule has 0 aliphatic carbocycles. The molecule has 0 bridgehead atoms. The highest BCUT2D eigenvalue weighted by molar-refractivity contribution is 5.85. The Morgan fingerprint density at radius 1 is 1.42 bits per heavy atom. The predicted molar refractivity (Wildman–Crippen MR) is 70.8 cm³/mol. The molecule has 0 spiro atoms.